The Morgan fingerprint density at radius 1 is 0.788 bits per heavy atom. The number of rotatable bonds is 3. The molecule has 4 heteroatoms. The highest BCUT2D eigenvalue weighted by molar-refractivity contribution is 6.08. The number of hydrogen-bond donors (Lipinski definition) is 0. The molecule has 0 aliphatic carbocycles. The van der Waals surface area contributed by atoms with Gasteiger partial charge in [0.25, 0.3) is 5.91 Å². The Bertz CT molecular complexity index is 1310. The van der Waals surface area contributed by atoms with E-state index in [4.69, 9.17) is 4.98 Å². The van der Waals surface area contributed by atoms with Gasteiger partial charge in [-0.3, -0.25) is 4.79 Å². The minimum Gasteiger partial charge on any atom is -0.339 e. The highest BCUT2D eigenvalue weighted by Crippen LogP contribution is 2.31. The zero-order valence-electron chi connectivity index (χ0n) is 18.9. The molecule has 1 amide bonds. The van der Waals surface area contributed by atoms with Crippen molar-refractivity contribution in [3.05, 3.63) is 78.4 Å². The molecule has 33 heavy (non-hydrogen) atoms. The van der Waals surface area contributed by atoms with Gasteiger partial charge < -0.3 is 9.80 Å². The topological polar surface area (TPSA) is 36.4 Å². The largest absolute Gasteiger partial charge is 0.339 e. The summed E-state index contributed by atoms with van der Waals surface area (Å²) in [7, 11) is 0. The summed E-state index contributed by atoms with van der Waals surface area (Å²) >= 11 is 0. The Morgan fingerprint density at radius 3 is 2.30 bits per heavy atom. The van der Waals surface area contributed by atoms with Gasteiger partial charge in [0.2, 0.25) is 0 Å². The fourth-order valence-corrected chi connectivity index (χ4v) is 5.65. The highest BCUT2D eigenvalue weighted by Gasteiger charge is 2.29. The number of aromatic nitrogens is 1. The minimum absolute atomic E-state index is 0.134. The number of carbonyl (C=O) groups is 1. The number of carbonyl (C=O) groups excluding carboxylic acids is 1. The van der Waals surface area contributed by atoms with Crippen molar-refractivity contribution in [3.63, 3.8) is 0 Å². The van der Waals surface area contributed by atoms with E-state index in [-0.39, 0.29) is 5.91 Å². The summed E-state index contributed by atoms with van der Waals surface area (Å²) in [5, 5.41) is 3.28. The lowest BCUT2D eigenvalue weighted by molar-refractivity contribution is 0.0646. The fraction of sp³-hybridized carbons (Fsp3) is 0.310. The Balaban J connectivity index is 1.37. The van der Waals surface area contributed by atoms with Crippen LogP contribution in [0.5, 0.6) is 0 Å². The third-order valence-electron chi connectivity index (χ3n) is 7.42. The van der Waals surface area contributed by atoms with Gasteiger partial charge in [0.05, 0.1) is 16.8 Å². The predicted molar refractivity (Wildman–Crippen MR) is 134 cm³/mol. The van der Waals surface area contributed by atoms with Gasteiger partial charge in [-0.05, 0) is 61.7 Å². The zero-order valence-corrected chi connectivity index (χ0v) is 18.9. The number of pyridine rings is 1. The lowest BCUT2D eigenvalue weighted by atomic mass is 9.97. The molecule has 166 valence electrons. The number of benzene rings is 3. The van der Waals surface area contributed by atoms with Gasteiger partial charge in [-0.25, -0.2) is 4.98 Å². The van der Waals surface area contributed by atoms with Crippen LogP contribution in [-0.4, -0.2) is 52.9 Å². The average molecular weight is 436 g/mol. The number of fused-ring (bicyclic) bond motifs is 2. The number of nitrogens with zero attached hydrogens (tertiary/aromatic N) is 3. The first-order valence-corrected chi connectivity index (χ1v) is 12.2. The number of piperidine rings is 1. The maximum absolute atomic E-state index is 13.8. The number of hydrogen-bond acceptors (Lipinski definition) is 3. The van der Waals surface area contributed by atoms with Gasteiger partial charge in [-0.1, -0.05) is 60.7 Å². The van der Waals surface area contributed by atoms with E-state index in [1.165, 1.54) is 31.3 Å². The minimum atomic E-state index is 0.134. The first kappa shape index (κ1) is 20.4. The van der Waals surface area contributed by atoms with Crippen molar-refractivity contribution in [1.29, 1.82) is 0 Å². The standard InChI is InChI=1S/C29H29N3O/c33-29(32-18-14-22(15-19-32)31-16-5-6-17-31)26-20-28(30-27-13-4-3-11-25(26)27)24-12-7-9-21-8-1-2-10-23(21)24/h1-4,7-13,20,22H,5-6,14-19H2. The number of para-hydroxylation sites is 1. The van der Waals surface area contributed by atoms with Crippen molar-refractivity contribution in [1.82, 2.24) is 14.8 Å². The first-order valence-electron chi connectivity index (χ1n) is 12.2. The van der Waals surface area contributed by atoms with E-state index in [0.717, 1.165) is 59.0 Å². The molecule has 1 aromatic heterocycles. The van der Waals surface area contributed by atoms with E-state index in [2.05, 4.69) is 52.3 Å². The molecule has 2 saturated heterocycles. The van der Waals surface area contributed by atoms with E-state index in [9.17, 15) is 4.79 Å². The third kappa shape index (κ3) is 3.79. The van der Waals surface area contributed by atoms with Crippen molar-refractivity contribution in [2.45, 2.75) is 31.7 Å². The van der Waals surface area contributed by atoms with E-state index in [1.807, 2.05) is 30.3 Å². The molecule has 4 aromatic rings. The Kier molecular flexibility index (Phi) is 5.31. The fourth-order valence-electron chi connectivity index (χ4n) is 5.65. The molecule has 2 aliphatic rings. The normalized spacial score (nSPS) is 17.8. The molecule has 0 bridgehead atoms. The molecule has 6 rings (SSSR count). The Morgan fingerprint density at radius 2 is 1.48 bits per heavy atom. The van der Waals surface area contributed by atoms with Gasteiger partial charge >= 0.3 is 0 Å². The predicted octanol–water partition coefficient (Wildman–Crippen LogP) is 5.76. The van der Waals surface area contributed by atoms with Crippen LogP contribution in [0, 0.1) is 0 Å². The maximum Gasteiger partial charge on any atom is 0.254 e. The molecule has 0 saturated carbocycles. The molecule has 2 fully saturated rings. The van der Waals surface area contributed by atoms with Crippen LogP contribution >= 0.6 is 0 Å². The molecule has 3 aromatic carbocycles. The van der Waals surface area contributed by atoms with Gasteiger partial charge in [0.15, 0.2) is 0 Å². The van der Waals surface area contributed by atoms with Crippen LogP contribution in [0.1, 0.15) is 36.0 Å². The smallest absolute Gasteiger partial charge is 0.254 e. The molecule has 0 radical (unpaired) electrons. The second-order valence-corrected chi connectivity index (χ2v) is 9.37. The summed E-state index contributed by atoms with van der Waals surface area (Å²) < 4.78 is 0. The van der Waals surface area contributed by atoms with Gasteiger partial charge in [0, 0.05) is 30.1 Å². The summed E-state index contributed by atoms with van der Waals surface area (Å²) in [5.74, 6) is 0.134. The quantitative estimate of drug-likeness (QED) is 0.411. The first-order chi connectivity index (χ1) is 16.3. The summed E-state index contributed by atoms with van der Waals surface area (Å²) in [6, 6.07) is 25.4. The van der Waals surface area contributed by atoms with Crippen LogP contribution in [0.15, 0.2) is 72.8 Å². The summed E-state index contributed by atoms with van der Waals surface area (Å²) in [6.45, 7) is 4.12. The summed E-state index contributed by atoms with van der Waals surface area (Å²) in [4.78, 5) is 23.4. The summed E-state index contributed by atoms with van der Waals surface area (Å²) in [6.07, 6.45) is 4.79. The molecular weight excluding hydrogens is 406 g/mol. The van der Waals surface area contributed by atoms with E-state index in [0.29, 0.717) is 6.04 Å². The maximum atomic E-state index is 13.8. The Hall–Kier alpha value is -3.24. The van der Waals surface area contributed by atoms with Gasteiger partial charge in [-0.2, -0.15) is 0 Å². The molecule has 4 nitrogen and oxygen atoms in total. The van der Waals surface area contributed by atoms with Crippen molar-refractivity contribution in [2.75, 3.05) is 26.2 Å². The molecule has 0 spiro atoms. The van der Waals surface area contributed by atoms with Crippen LogP contribution in [0.25, 0.3) is 32.9 Å². The van der Waals surface area contributed by atoms with Crippen LogP contribution in [-0.2, 0) is 0 Å². The number of amides is 1. The van der Waals surface area contributed by atoms with Crippen molar-refractivity contribution >= 4 is 27.6 Å². The van der Waals surface area contributed by atoms with Crippen molar-refractivity contribution in [3.8, 4) is 11.3 Å². The van der Waals surface area contributed by atoms with E-state index >= 15 is 0 Å². The highest BCUT2D eigenvalue weighted by atomic mass is 16.2. The zero-order chi connectivity index (χ0) is 22.2. The molecular formula is C29H29N3O. The van der Waals surface area contributed by atoms with Crippen LogP contribution < -0.4 is 0 Å². The molecule has 0 N–H and O–H groups in total. The molecule has 0 unspecified atom stereocenters. The second kappa shape index (κ2) is 8.60. The molecule has 2 aliphatic heterocycles. The van der Waals surface area contributed by atoms with E-state index < -0.39 is 0 Å². The lowest BCUT2D eigenvalue weighted by Crippen LogP contribution is -2.46. The average Bonchev–Trinajstić information content (AvgIpc) is 3.42. The van der Waals surface area contributed by atoms with Gasteiger partial charge in [0.1, 0.15) is 0 Å². The van der Waals surface area contributed by atoms with Crippen LogP contribution in [0.3, 0.4) is 0 Å². The van der Waals surface area contributed by atoms with E-state index in [1.54, 1.807) is 0 Å². The molecule has 0 atom stereocenters. The third-order valence-corrected chi connectivity index (χ3v) is 7.42. The summed E-state index contributed by atoms with van der Waals surface area (Å²) in [5.41, 5.74) is 3.57. The monoisotopic (exact) mass is 435 g/mol. The van der Waals surface area contributed by atoms with Crippen molar-refractivity contribution < 1.29 is 4.79 Å². The van der Waals surface area contributed by atoms with Crippen molar-refractivity contribution in [2.24, 2.45) is 0 Å². The molecule has 3 heterocycles. The number of likely N-dealkylation sites (tertiary alicyclic amines) is 2. The van der Waals surface area contributed by atoms with Crippen LogP contribution in [0.2, 0.25) is 0 Å². The second-order valence-electron chi connectivity index (χ2n) is 9.37. The Labute approximate surface area is 194 Å². The lowest BCUT2D eigenvalue weighted by Gasteiger charge is -2.36. The van der Waals surface area contributed by atoms with Crippen LogP contribution in [0.4, 0.5) is 0 Å². The van der Waals surface area contributed by atoms with Gasteiger partial charge in [-0.15, -0.1) is 0 Å². The SMILES string of the molecule is O=C(c1cc(-c2cccc3ccccc23)nc2ccccc12)N1CCC(N2CCCC2)CC1.